The predicted molar refractivity (Wildman–Crippen MR) is 132 cm³/mol. The Labute approximate surface area is 205 Å². The second-order valence-electron chi connectivity index (χ2n) is 8.36. The van der Waals surface area contributed by atoms with Gasteiger partial charge in [-0.2, -0.15) is 5.26 Å². The molecule has 0 unspecified atom stereocenters. The standard InChI is InChI=1S/C24H31N3O7S/c1-16(28)23(29)24(30)22(33-2)15-26-35(31,32)21(14-25)12-17-3-4-19-13-20(6-5-18(19)11-17)27-7-9-34-10-8-27/h3-6,11-13,16,22-24,26,28-30H,7-10,15H2,1-2H3/b21-12+/t16-,22+,23+,24+/m0/s1. The molecule has 0 amide bonds. The monoisotopic (exact) mass is 505 g/mol. The van der Waals surface area contributed by atoms with E-state index in [1.54, 1.807) is 18.2 Å². The molecule has 4 N–H and O–H groups in total. The van der Waals surface area contributed by atoms with Crippen LogP contribution in [0.4, 0.5) is 5.69 Å². The number of nitrogens with zero attached hydrogens (tertiary/aromatic N) is 2. The van der Waals surface area contributed by atoms with Gasteiger partial charge in [-0.25, -0.2) is 13.1 Å². The van der Waals surface area contributed by atoms with Crippen LogP contribution in [-0.2, 0) is 19.5 Å². The summed E-state index contributed by atoms with van der Waals surface area (Å²) in [6.45, 7) is 3.89. The van der Waals surface area contributed by atoms with Crippen LogP contribution in [0, 0.1) is 11.3 Å². The number of morpholine rings is 1. The van der Waals surface area contributed by atoms with Crippen LogP contribution in [0.1, 0.15) is 12.5 Å². The van der Waals surface area contributed by atoms with E-state index in [4.69, 9.17) is 9.47 Å². The highest BCUT2D eigenvalue weighted by molar-refractivity contribution is 7.93. The summed E-state index contributed by atoms with van der Waals surface area (Å²) in [5, 5.41) is 40.8. The summed E-state index contributed by atoms with van der Waals surface area (Å²) in [6.07, 6.45) is -4.19. The van der Waals surface area contributed by atoms with Gasteiger partial charge in [0.1, 0.15) is 18.3 Å². The molecule has 0 aliphatic carbocycles. The van der Waals surface area contributed by atoms with Crippen molar-refractivity contribution in [1.82, 2.24) is 4.72 Å². The smallest absolute Gasteiger partial charge is 0.250 e. The van der Waals surface area contributed by atoms with Gasteiger partial charge in [0.15, 0.2) is 4.91 Å². The van der Waals surface area contributed by atoms with E-state index in [1.807, 2.05) is 18.2 Å². The Hall–Kier alpha value is -2.56. The molecule has 11 heteroatoms. The summed E-state index contributed by atoms with van der Waals surface area (Å²) in [7, 11) is -3.00. The van der Waals surface area contributed by atoms with Gasteiger partial charge >= 0.3 is 0 Å². The normalized spacial score (nSPS) is 18.6. The van der Waals surface area contributed by atoms with Crippen molar-refractivity contribution in [3.05, 3.63) is 46.9 Å². The number of aliphatic hydroxyl groups is 3. The first-order chi connectivity index (χ1) is 16.7. The zero-order valence-corrected chi connectivity index (χ0v) is 20.5. The number of sulfonamides is 1. The number of rotatable bonds is 10. The van der Waals surface area contributed by atoms with E-state index >= 15 is 0 Å². The molecule has 1 aliphatic rings. The molecule has 1 fully saturated rings. The summed E-state index contributed by atoms with van der Waals surface area (Å²) < 4.78 is 38.1. The van der Waals surface area contributed by atoms with Gasteiger partial charge in [0.25, 0.3) is 10.0 Å². The maximum atomic E-state index is 12.7. The number of fused-ring (bicyclic) bond motifs is 1. The molecule has 0 saturated carbocycles. The van der Waals surface area contributed by atoms with Gasteiger partial charge in [-0.05, 0) is 47.5 Å². The van der Waals surface area contributed by atoms with Crippen LogP contribution < -0.4 is 9.62 Å². The maximum Gasteiger partial charge on any atom is 0.250 e. The fourth-order valence-electron chi connectivity index (χ4n) is 3.80. The molecule has 2 aromatic rings. The number of methoxy groups -OCH3 is 1. The molecule has 190 valence electrons. The number of aliphatic hydroxyl groups excluding tert-OH is 3. The van der Waals surface area contributed by atoms with Gasteiger partial charge in [0.2, 0.25) is 0 Å². The number of ether oxygens (including phenoxy) is 2. The molecule has 0 spiro atoms. The van der Waals surface area contributed by atoms with Crippen LogP contribution in [0.5, 0.6) is 0 Å². The minimum Gasteiger partial charge on any atom is -0.391 e. The van der Waals surface area contributed by atoms with Crippen LogP contribution in [-0.4, -0.2) is 88.1 Å². The Kier molecular flexibility index (Phi) is 9.21. The lowest BCUT2D eigenvalue weighted by molar-refractivity contribution is -0.108. The van der Waals surface area contributed by atoms with Crippen molar-refractivity contribution in [2.45, 2.75) is 31.3 Å². The molecule has 1 heterocycles. The average molecular weight is 506 g/mol. The van der Waals surface area contributed by atoms with E-state index in [0.717, 1.165) is 29.5 Å². The van der Waals surface area contributed by atoms with Gasteiger partial charge in [0, 0.05) is 32.4 Å². The van der Waals surface area contributed by atoms with Crippen LogP contribution >= 0.6 is 0 Å². The lowest BCUT2D eigenvalue weighted by Crippen LogP contribution is -2.49. The van der Waals surface area contributed by atoms with Crippen molar-refractivity contribution in [1.29, 1.82) is 5.26 Å². The number of nitriles is 1. The molecule has 35 heavy (non-hydrogen) atoms. The fourth-order valence-corrected chi connectivity index (χ4v) is 4.75. The SMILES string of the molecule is CO[C@H](CNS(=O)(=O)/C(C#N)=C/c1ccc2cc(N3CCOCC3)ccc2c1)[C@@H](O)[C@H](O)[C@H](C)O. The Morgan fingerprint density at radius 1 is 1.17 bits per heavy atom. The molecule has 1 aliphatic heterocycles. The van der Waals surface area contributed by atoms with Crippen molar-refractivity contribution in [2.24, 2.45) is 0 Å². The van der Waals surface area contributed by atoms with Crippen molar-refractivity contribution >= 4 is 32.6 Å². The van der Waals surface area contributed by atoms with Gasteiger partial charge in [-0.15, -0.1) is 0 Å². The van der Waals surface area contributed by atoms with Crippen LogP contribution in [0.3, 0.4) is 0 Å². The summed E-state index contributed by atoms with van der Waals surface area (Å²) in [5.74, 6) is 0. The van der Waals surface area contributed by atoms with Gasteiger partial charge in [-0.3, -0.25) is 0 Å². The van der Waals surface area contributed by atoms with E-state index in [0.29, 0.717) is 18.8 Å². The topological polar surface area (TPSA) is 152 Å². The van der Waals surface area contributed by atoms with E-state index in [2.05, 4.69) is 15.7 Å². The summed E-state index contributed by atoms with van der Waals surface area (Å²) in [5.41, 5.74) is 1.62. The molecule has 3 rings (SSSR count). The highest BCUT2D eigenvalue weighted by Gasteiger charge is 2.31. The van der Waals surface area contributed by atoms with Crippen molar-refractivity contribution in [2.75, 3.05) is 44.9 Å². The molecule has 10 nitrogen and oxygen atoms in total. The molecule has 0 radical (unpaired) electrons. The summed E-state index contributed by atoms with van der Waals surface area (Å²) in [6, 6.07) is 13.1. The first-order valence-electron chi connectivity index (χ1n) is 11.2. The highest BCUT2D eigenvalue weighted by atomic mass is 32.2. The minimum atomic E-state index is -4.23. The first kappa shape index (κ1) is 27.0. The molecular weight excluding hydrogens is 474 g/mol. The molecular formula is C24H31N3O7S. The van der Waals surface area contributed by atoms with Crippen molar-refractivity contribution < 1.29 is 33.2 Å². The third-order valence-electron chi connectivity index (χ3n) is 5.92. The Balaban J connectivity index is 1.76. The van der Waals surface area contributed by atoms with E-state index < -0.39 is 45.9 Å². The van der Waals surface area contributed by atoms with E-state index in [-0.39, 0.29) is 0 Å². The Morgan fingerprint density at radius 3 is 2.46 bits per heavy atom. The van der Waals surface area contributed by atoms with E-state index in [1.165, 1.54) is 20.1 Å². The zero-order chi connectivity index (χ0) is 25.6. The molecule has 4 atom stereocenters. The molecule has 0 bridgehead atoms. The predicted octanol–water partition coefficient (Wildman–Crippen LogP) is 0.578. The number of benzene rings is 2. The third kappa shape index (κ3) is 6.77. The summed E-state index contributed by atoms with van der Waals surface area (Å²) in [4.78, 5) is 1.73. The number of allylic oxidation sites excluding steroid dienone is 1. The second-order valence-corrected chi connectivity index (χ2v) is 10.1. The maximum absolute atomic E-state index is 12.7. The molecule has 1 saturated heterocycles. The Morgan fingerprint density at radius 2 is 1.83 bits per heavy atom. The lowest BCUT2D eigenvalue weighted by Gasteiger charge is -2.29. The van der Waals surface area contributed by atoms with Crippen molar-refractivity contribution in [3.8, 4) is 6.07 Å². The minimum absolute atomic E-state index is 0.412. The van der Waals surface area contributed by atoms with Crippen molar-refractivity contribution in [3.63, 3.8) is 0 Å². The van der Waals surface area contributed by atoms with Crippen LogP contribution in [0.15, 0.2) is 41.3 Å². The fraction of sp³-hybridized carbons (Fsp3) is 0.458. The largest absolute Gasteiger partial charge is 0.391 e. The third-order valence-corrected chi connectivity index (χ3v) is 7.26. The van der Waals surface area contributed by atoms with Gasteiger partial charge in [0.05, 0.1) is 25.4 Å². The van der Waals surface area contributed by atoms with Gasteiger partial charge in [-0.1, -0.05) is 18.2 Å². The quantitative estimate of drug-likeness (QED) is 0.340. The number of hydrogen-bond donors (Lipinski definition) is 4. The zero-order valence-electron chi connectivity index (χ0n) is 19.7. The van der Waals surface area contributed by atoms with E-state index in [9.17, 15) is 29.0 Å². The van der Waals surface area contributed by atoms with Gasteiger partial charge < -0.3 is 29.7 Å². The first-order valence-corrected chi connectivity index (χ1v) is 12.7. The molecule has 2 aromatic carbocycles. The average Bonchev–Trinajstić information content (AvgIpc) is 2.86. The Bertz CT molecular complexity index is 1190. The number of hydrogen-bond acceptors (Lipinski definition) is 9. The second kappa shape index (κ2) is 11.9. The van der Waals surface area contributed by atoms with Crippen LogP contribution in [0.2, 0.25) is 0 Å². The number of anilines is 1. The summed E-state index contributed by atoms with van der Waals surface area (Å²) >= 11 is 0. The highest BCUT2D eigenvalue weighted by Crippen LogP contribution is 2.25. The molecule has 0 aromatic heterocycles. The lowest BCUT2D eigenvalue weighted by atomic mass is 10.0. The van der Waals surface area contributed by atoms with Crippen LogP contribution in [0.25, 0.3) is 16.8 Å². The number of nitrogens with one attached hydrogen (secondary N) is 1.